The Morgan fingerprint density at radius 2 is 1.82 bits per heavy atom. The Morgan fingerprint density at radius 3 is 2.41 bits per heavy atom. The van der Waals surface area contributed by atoms with E-state index in [9.17, 15) is 5.26 Å². The van der Waals surface area contributed by atoms with E-state index in [4.69, 9.17) is 9.47 Å². The van der Waals surface area contributed by atoms with E-state index < -0.39 is 0 Å². The molecule has 22 heavy (non-hydrogen) atoms. The van der Waals surface area contributed by atoms with Gasteiger partial charge >= 0.3 is 0 Å². The number of benzene rings is 2. The first-order chi connectivity index (χ1) is 10.7. The number of para-hydroxylation sites is 1. The van der Waals surface area contributed by atoms with Gasteiger partial charge in [-0.25, -0.2) is 0 Å². The van der Waals surface area contributed by atoms with Gasteiger partial charge in [-0.2, -0.15) is 5.26 Å². The van der Waals surface area contributed by atoms with Gasteiger partial charge in [0.1, 0.15) is 0 Å². The Bertz CT molecular complexity index is 697. The summed E-state index contributed by atoms with van der Waals surface area (Å²) in [5.41, 5.74) is 2.29. The molecule has 2 aromatic carbocycles. The van der Waals surface area contributed by atoms with Gasteiger partial charge in [0.25, 0.3) is 0 Å². The monoisotopic (exact) mass is 293 g/mol. The molecule has 0 N–H and O–H groups in total. The van der Waals surface area contributed by atoms with Gasteiger partial charge in [0.15, 0.2) is 11.5 Å². The molecule has 0 aliphatic heterocycles. The average Bonchev–Trinajstić information content (AvgIpc) is 2.54. The lowest BCUT2D eigenvalue weighted by Crippen LogP contribution is -2.08. The summed E-state index contributed by atoms with van der Waals surface area (Å²) >= 11 is 0. The lowest BCUT2D eigenvalue weighted by molar-refractivity contribution is 0.229. The van der Waals surface area contributed by atoms with Gasteiger partial charge in [-0.3, -0.25) is 0 Å². The maximum Gasteiger partial charge on any atom is 0.168 e. The minimum absolute atomic E-state index is 0.0192. The van der Waals surface area contributed by atoms with E-state index in [1.807, 2.05) is 68.5 Å². The fourth-order valence-electron chi connectivity index (χ4n) is 2.12. The summed E-state index contributed by atoms with van der Waals surface area (Å²) in [7, 11) is 1.61. The van der Waals surface area contributed by atoms with Crippen molar-refractivity contribution in [3.63, 3.8) is 0 Å². The third kappa shape index (κ3) is 3.67. The Kier molecular flexibility index (Phi) is 5.21. The maximum atomic E-state index is 9.45. The average molecular weight is 293 g/mol. The molecule has 0 unspecified atom stereocenters. The molecule has 0 atom stereocenters. The number of hydrogen-bond acceptors (Lipinski definition) is 3. The van der Waals surface area contributed by atoms with Crippen molar-refractivity contribution in [2.45, 2.75) is 20.0 Å². The van der Waals surface area contributed by atoms with Crippen molar-refractivity contribution in [1.82, 2.24) is 0 Å². The molecule has 0 amide bonds. The molecule has 0 aromatic heterocycles. The van der Waals surface area contributed by atoms with Gasteiger partial charge in [-0.15, -0.1) is 0 Å². The van der Waals surface area contributed by atoms with Crippen LogP contribution in [0.2, 0.25) is 0 Å². The summed E-state index contributed by atoms with van der Waals surface area (Å²) in [5.74, 6) is 1.32. The van der Waals surface area contributed by atoms with Crippen LogP contribution in [0.3, 0.4) is 0 Å². The van der Waals surface area contributed by atoms with Crippen molar-refractivity contribution >= 4 is 11.6 Å². The van der Waals surface area contributed by atoms with Crippen molar-refractivity contribution in [2.24, 2.45) is 0 Å². The fraction of sp³-hybridized carbons (Fsp3) is 0.211. The van der Waals surface area contributed by atoms with E-state index >= 15 is 0 Å². The molecule has 3 heteroatoms. The largest absolute Gasteiger partial charge is 0.493 e. The zero-order chi connectivity index (χ0) is 15.9. The van der Waals surface area contributed by atoms with Crippen LogP contribution in [0.1, 0.15) is 25.0 Å². The highest BCUT2D eigenvalue weighted by atomic mass is 16.5. The molecule has 0 radical (unpaired) electrons. The van der Waals surface area contributed by atoms with Crippen LogP contribution in [0.15, 0.2) is 48.5 Å². The lowest BCUT2D eigenvalue weighted by Gasteiger charge is -2.16. The zero-order valence-electron chi connectivity index (χ0n) is 13.0. The minimum atomic E-state index is 0.0192. The summed E-state index contributed by atoms with van der Waals surface area (Å²) < 4.78 is 11.2. The molecule has 0 spiro atoms. The third-order valence-corrected chi connectivity index (χ3v) is 3.09. The minimum Gasteiger partial charge on any atom is -0.493 e. The molecular weight excluding hydrogens is 274 g/mol. The lowest BCUT2D eigenvalue weighted by atomic mass is 10.0. The Balaban J connectivity index is 2.52. The van der Waals surface area contributed by atoms with Gasteiger partial charge in [0, 0.05) is 5.56 Å². The van der Waals surface area contributed by atoms with Crippen molar-refractivity contribution in [2.75, 3.05) is 7.11 Å². The molecule has 0 aliphatic rings. The topological polar surface area (TPSA) is 42.2 Å². The molecule has 2 aromatic rings. The number of nitriles is 1. The molecule has 3 nitrogen and oxygen atoms in total. The second-order valence-electron chi connectivity index (χ2n) is 5.08. The highest BCUT2D eigenvalue weighted by molar-refractivity contribution is 5.91. The van der Waals surface area contributed by atoms with Gasteiger partial charge in [-0.05, 0) is 31.6 Å². The Morgan fingerprint density at radius 1 is 1.09 bits per heavy atom. The first-order valence-electron chi connectivity index (χ1n) is 7.16. The third-order valence-electron chi connectivity index (χ3n) is 3.09. The van der Waals surface area contributed by atoms with E-state index in [0.717, 1.165) is 11.1 Å². The van der Waals surface area contributed by atoms with Crippen LogP contribution in [-0.2, 0) is 0 Å². The number of hydrogen-bond donors (Lipinski definition) is 0. The van der Waals surface area contributed by atoms with E-state index in [1.54, 1.807) is 7.11 Å². The molecule has 0 aliphatic carbocycles. The van der Waals surface area contributed by atoms with Crippen molar-refractivity contribution in [1.29, 1.82) is 5.26 Å². The molecule has 2 rings (SSSR count). The first-order valence-corrected chi connectivity index (χ1v) is 7.16. The molecular formula is C19H19NO2. The Hall–Kier alpha value is -2.73. The van der Waals surface area contributed by atoms with E-state index in [-0.39, 0.29) is 6.10 Å². The van der Waals surface area contributed by atoms with E-state index in [2.05, 4.69) is 6.07 Å². The van der Waals surface area contributed by atoms with Gasteiger partial charge in [0.05, 0.1) is 24.9 Å². The number of nitrogens with zero attached hydrogens (tertiary/aromatic N) is 1. The van der Waals surface area contributed by atoms with Crippen LogP contribution in [0.5, 0.6) is 11.5 Å². The second-order valence-corrected chi connectivity index (χ2v) is 5.08. The predicted molar refractivity (Wildman–Crippen MR) is 88.7 cm³/mol. The zero-order valence-corrected chi connectivity index (χ0v) is 13.0. The van der Waals surface area contributed by atoms with Gasteiger partial charge < -0.3 is 9.47 Å². The second kappa shape index (κ2) is 7.33. The van der Waals surface area contributed by atoms with Crippen molar-refractivity contribution in [3.05, 3.63) is 59.7 Å². The fourth-order valence-corrected chi connectivity index (χ4v) is 2.12. The summed E-state index contributed by atoms with van der Waals surface area (Å²) in [5, 5.41) is 9.45. The number of allylic oxidation sites excluding steroid dienone is 1. The van der Waals surface area contributed by atoms with Crippen LogP contribution < -0.4 is 9.47 Å². The van der Waals surface area contributed by atoms with E-state index in [1.165, 1.54) is 0 Å². The van der Waals surface area contributed by atoms with Crippen molar-refractivity contribution < 1.29 is 9.47 Å². The quantitative estimate of drug-likeness (QED) is 0.600. The van der Waals surface area contributed by atoms with Crippen LogP contribution in [0, 0.1) is 11.3 Å². The van der Waals surface area contributed by atoms with Gasteiger partial charge in [-0.1, -0.05) is 42.5 Å². The van der Waals surface area contributed by atoms with Gasteiger partial charge in [0.2, 0.25) is 0 Å². The van der Waals surface area contributed by atoms with Crippen molar-refractivity contribution in [3.8, 4) is 17.6 Å². The van der Waals surface area contributed by atoms with Crippen LogP contribution in [0.4, 0.5) is 0 Å². The molecule has 0 bridgehead atoms. The summed E-state index contributed by atoms with van der Waals surface area (Å²) in [4.78, 5) is 0. The van der Waals surface area contributed by atoms with Crippen LogP contribution in [0.25, 0.3) is 11.6 Å². The standard InChI is InChI=1S/C19H19NO2/c1-14(2)22-19-16(10-7-11-18(19)21-3)12-17(13-20)15-8-5-4-6-9-15/h4-12,14H,1-3H3/b17-12+. The highest BCUT2D eigenvalue weighted by Crippen LogP contribution is 2.34. The smallest absolute Gasteiger partial charge is 0.168 e. The molecule has 0 heterocycles. The summed E-state index contributed by atoms with van der Waals surface area (Å²) in [6, 6.07) is 17.5. The SMILES string of the molecule is COc1cccc(/C=C(\C#N)c2ccccc2)c1OC(C)C. The Labute approximate surface area is 131 Å². The summed E-state index contributed by atoms with van der Waals surface area (Å²) in [6.07, 6.45) is 1.85. The van der Waals surface area contributed by atoms with Crippen LogP contribution in [-0.4, -0.2) is 13.2 Å². The van der Waals surface area contributed by atoms with Crippen LogP contribution >= 0.6 is 0 Å². The highest BCUT2D eigenvalue weighted by Gasteiger charge is 2.12. The molecule has 0 saturated heterocycles. The predicted octanol–water partition coefficient (Wildman–Crippen LogP) is 4.55. The number of ether oxygens (including phenoxy) is 2. The maximum absolute atomic E-state index is 9.45. The normalized spacial score (nSPS) is 11.1. The molecule has 112 valence electrons. The summed E-state index contributed by atoms with van der Waals surface area (Å²) in [6.45, 7) is 3.92. The molecule has 0 fully saturated rings. The molecule has 0 saturated carbocycles. The van der Waals surface area contributed by atoms with E-state index in [0.29, 0.717) is 17.1 Å². The number of methoxy groups -OCH3 is 1. The first kappa shape index (κ1) is 15.7. The number of rotatable bonds is 5.